The zero-order chi connectivity index (χ0) is 28.1. The van der Waals surface area contributed by atoms with E-state index in [4.69, 9.17) is 0 Å². The summed E-state index contributed by atoms with van der Waals surface area (Å²) in [5.74, 6) is 0.343. The first kappa shape index (κ1) is 27.4. The van der Waals surface area contributed by atoms with E-state index in [2.05, 4.69) is 88.6 Å². The van der Waals surface area contributed by atoms with E-state index in [0.29, 0.717) is 23.2 Å². The van der Waals surface area contributed by atoms with Gasteiger partial charge in [0.05, 0.1) is 0 Å². The number of rotatable bonds is 5. The van der Waals surface area contributed by atoms with Gasteiger partial charge < -0.3 is 10.2 Å². The maximum atomic E-state index is 10.4. The Bertz CT molecular complexity index is 1590. The number of fused-ring (bicyclic) bond motifs is 2. The van der Waals surface area contributed by atoms with Gasteiger partial charge in [0.2, 0.25) is 0 Å². The van der Waals surface area contributed by atoms with Gasteiger partial charge in [0, 0.05) is 23.2 Å². The quantitative estimate of drug-likeness (QED) is 0.213. The van der Waals surface area contributed by atoms with E-state index in [1.165, 1.54) is 11.1 Å². The van der Waals surface area contributed by atoms with E-state index < -0.39 is 0 Å². The second-order valence-corrected chi connectivity index (χ2v) is 10.6. The minimum absolute atomic E-state index is 0.172. The third-order valence-corrected chi connectivity index (χ3v) is 8.42. The van der Waals surface area contributed by atoms with Crippen LogP contribution in [-0.4, -0.2) is 14.9 Å². The molecule has 40 heavy (non-hydrogen) atoms. The highest BCUT2D eigenvalue weighted by atomic mass is 31.0. The number of aromatic hydroxyl groups is 2. The zero-order valence-corrected chi connectivity index (χ0v) is 23.9. The summed E-state index contributed by atoms with van der Waals surface area (Å²) in [6.07, 6.45) is 0. The molecule has 0 saturated carbocycles. The summed E-state index contributed by atoms with van der Waals surface area (Å²) in [5, 5.41) is 24.8. The highest BCUT2D eigenvalue weighted by Crippen LogP contribution is 2.44. The highest BCUT2D eigenvalue weighted by molar-refractivity contribution is 7.13. The number of nitrogens with zero attached hydrogens (tertiary/aromatic N) is 1. The van der Waals surface area contributed by atoms with Crippen LogP contribution >= 0.6 is 9.39 Å². The molecular formula is C36H34NO2P. The summed E-state index contributed by atoms with van der Waals surface area (Å²) in [6.45, 7) is 4.48. The van der Waals surface area contributed by atoms with Crippen LogP contribution in [0.15, 0.2) is 133 Å². The predicted octanol–water partition coefficient (Wildman–Crippen LogP) is 9.67. The van der Waals surface area contributed by atoms with Crippen LogP contribution in [0.25, 0.3) is 32.7 Å². The first-order chi connectivity index (χ1) is 19.5. The van der Waals surface area contributed by atoms with Crippen molar-refractivity contribution in [2.45, 2.75) is 25.9 Å². The van der Waals surface area contributed by atoms with E-state index in [1.807, 2.05) is 60.7 Å². The van der Waals surface area contributed by atoms with Gasteiger partial charge in [-0.1, -0.05) is 131 Å². The van der Waals surface area contributed by atoms with E-state index in [9.17, 15) is 10.2 Å². The molecule has 0 fully saturated rings. The Hall–Kier alpha value is -4.17. The van der Waals surface area contributed by atoms with E-state index >= 15 is 0 Å². The molecule has 0 aliphatic rings. The standard InChI is InChI=1S/C20H14O2.C16H20NP/c21-17-11-9-13-5-1-3-7-15(13)19(17)20-16-8-4-2-6-14(16)10-12-18(20)22;1-13(15-9-5-3-6-10-15)17(18)14(2)16-11-7-4-8-12-16/h1-12,21-22H;3-14H,18H2,1-2H3/t;13-,14?/m.0/s1. The van der Waals surface area contributed by atoms with Gasteiger partial charge in [0.1, 0.15) is 11.5 Å². The van der Waals surface area contributed by atoms with Crippen LogP contribution < -0.4 is 0 Å². The second kappa shape index (κ2) is 12.3. The molecule has 3 nitrogen and oxygen atoms in total. The fourth-order valence-electron chi connectivity index (χ4n) is 5.19. The molecule has 6 aromatic rings. The Balaban J connectivity index is 0.000000165. The lowest BCUT2D eigenvalue weighted by Crippen LogP contribution is -2.20. The van der Waals surface area contributed by atoms with Gasteiger partial charge in [-0.3, -0.25) is 4.67 Å². The summed E-state index contributed by atoms with van der Waals surface area (Å²) in [5.41, 5.74) is 4.03. The van der Waals surface area contributed by atoms with Crippen molar-refractivity contribution in [2.24, 2.45) is 0 Å². The van der Waals surface area contributed by atoms with Gasteiger partial charge in [-0.05, 0) is 58.7 Å². The van der Waals surface area contributed by atoms with Crippen LogP contribution in [0.1, 0.15) is 37.1 Å². The van der Waals surface area contributed by atoms with Gasteiger partial charge in [0.15, 0.2) is 0 Å². The van der Waals surface area contributed by atoms with Crippen molar-refractivity contribution in [1.29, 1.82) is 0 Å². The molecule has 0 amide bonds. The molecule has 200 valence electrons. The van der Waals surface area contributed by atoms with Gasteiger partial charge >= 0.3 is 0 Å². The molecule has 0 heterocycles. The Kier molecular flexibility index (Phi) is 8.45. The van der Waals surface area contributed by atoms with Crippen molar-refractivity contribution in [3.05, 3.63) is 145 Å². The molecule has 2 N–H and O–H groups in total. The summed E-state index contributed by atoms with van der Waals surface area (Å²) in [7, 11) is 2.87. The van der Waals surface area contributed by atoms with Gasteiger partial charge in [-0.2, -0.15) is 0 Å². The summed E-state index contributed by atoms with van der Waals surface area (Å²) in [4.78, 5) is 0. The highest BCUT2D eigenvalue weighted by Gasteiger charge is 2.19. The molecule has 0 aliphatic heterocycles. The third kappa shape index (κ3) is 5.72. The normalized spacial score (nSPS) is 12.6. The minimum Gasteiger partial charge on any atom is -0.507 e. The third-order valence-electron chi connectivity index (χ3n) is 7.52. The maximum Gasteiger partial charge on any atom is 0.124 e. The van der Waals surface area contributed by atoms with Crippen molar-refractivity contribution in [2.75, 3.05) is 0 Å². The van der Waals surface area contributed by atoms with Crippen molar-refractivity contribution in [1.82, 2.24) is 4.67 Å². The van der Waals surface area contributed by atoms with Crippen LogP contribution in [0.3, 0.4) is 0 Å². The van der Waals surface area contributed by atoms with Crippen LogP contribution in [0.2, 0.25) is 0 Å². The summed E-state index contributed by atoms with van der Waals surface area (Å²) < 4.78 is 2.32. The molecular weight excluding hydrogens is 509 g/mol. The van der Waals surface area contributed by atoms with Crippen molar-refractivity contribution in [3.63, 3.8) is 0 Å². The SMILES string of the molecule is CC(c1ccccc1)N(P)[C@@H](C)c1ccccc1.Oc1ccc2ccccc2c1-c1c(O)ccc2ccccc12. The Morgan fingerprint density at radius 2 is 0.825 bits per heavy atom. The lowest BCUT2D eigenvalue weighted by Gasteiger charge is -2.31. The number of hydrogen-bond acceptors (Lipinski definition) is 3. The van der Waals surface area contributed by atoms with E-state index in [-0.39, 0.29) is 11.5 Å². The number of benzene rings is 6. The van der Waals surface area contributed by atoms with Gasteiger partial charge in [-0.15, -0.1) is 0 Å². The minimum atomic E-state index is 0.172. The monoisotopic (exact) mass is 543 g/mol. The number of phenols is 2. The Labute approximate surface area is 238 Å². The zero-order valence-electron chi connectivity index (χ0n) is 22.8. The van der Waals surface area contributed by atoms with Crippen LogP contribution in [0, 0.1) is 0 Å². The van der Waals surface area contributed by atoms with Crippen LogP contribution in [0.4, 0.5) is 0 Å². The van der Waals surface area contributed by atoms with Gasteiger partial charge in [0.25, 0.3) is 0 Å². The largest absolute Gasteiger partial charge is 0.507 e. The molecule has 3 atom stereocenters. The first-order valence-electron chi connectivity index (χ1n) is 13.5. The van der Waals surface area contributed by atoms with Crippen LogP contribution in [0.5, 0.6) is 11.5 Å². The molecule has 0 aromatic heterocycles. The molecule has 6 rings (SSSR count). The van der Waals surface area contributed by atoms with Crippen molar-refractivity contribution >= 4 is 30.9 Å². The average molecular weight is 544 g/mol. The molecule has 0 radical (unpaired) electrons. The first-order valence-corrected chi connectivity index (χ1v) is 14.0. The van der Waals surface area contributed by atoms with E-state index in [1.54, 1.807) is 12.1 Å². The Morgan fingerprint density at radius 3 is 1.23 bits per heavy atom. The van der Waals surface area contributed by atoms with Gasteiger partial charge in [-0.25, -0.2) is 0 Å². The van der Waals surface area contributed by atoms with Crippen molar-refractivity contribution in [3.8, 4) is 22.6 Å². The van der Waals surface area contributed by atoms with E-state index in [0.717, 1.165) is 21.5 Å². The molecule has 0 aliphatic carbocycles. The van der Waals surface area contributed by atoms with Crippen LogP contribution in [-0.2, 0) is 0 Å². The Morgan fingerprint density at radius 1 is 0.475 bits per heavy atom. The average Bonchev–Trinajstić information content (AvgIpc) is 3.01. The summed E-state index contributed by atoms with van der Waals surface area (Å²) >= 11 is 0. The molecule has 4 heteroatoms. The fraction of sp³-hybridized carbons (Fsp3) is 0.111. The topological polar surface area (TPSA) is 43.7 Å². The molecule has 6 aromatic carbocycles. The molecule has 0 spiro atoms. The lowest BCUT2D eigenvalue weighted by molar-refractivity contribution is 0.310. The maximum absolute atomic E-state index is 10.4. The molecule has 0 saturated heterocycles. The second-order valence-electron chi connectivity index (χ2n) is 9.98. The number of hydrogen-bond donors (Lipinski definition) is 2. The smallest absolute Gasteiger partial charge is 0.124 e. The predicted molar refractivity (Wildman–Crippen MR) is 171 cm³/mol. The fourth-order valence-corrected chi connectivity index (χ4v) is 5.53. The lowest BCUT2D eigenvalue weighted by atomic mass is 9.92. The summed E-state index contributed by atoms with van der Waals surface area (Å²) in [6, 6.07) is 44.8. The molecule has 0 bridgehead atoms. The van der Waals surface area contributed by atoms with Crippen molar-refractivity contribution < 1.29 is 10.2 Å². The number of phenolic OH excluding ortho intramolecular Hbond substituents is 2. The molecule has 2 unspecified atom stereocenters.